The van der Waals surface area contributed by atoms with Crippen molar-refractivity contribution in [3.05, 3.63) is 61.3 Å². The lowest BCUT2D eigenvalue weighted by molar-refractivity contribution is 0.519. The van der Waals surface area contributed by atoms with Crippen LogP contribution in [0.25, 0.3) is 16.0 Å². The zero-order chi connectivity index (χ0) is 19.5. The van der Waals surface area contributed by atoms with Crippen LogP contribution in [-0.2, 0) is 0 Å². The number of rotatable bonds is 0. The number of fused-ring (bicyclic) bond motifs is 5. The highest BCUT2D eigenvalue weighted by Gasteiger charge is 2.45. The van der Waals surface area contributed by atoms with Crippen molar-refractivity contribution in [2.75, 3.05) is 0 Å². The summed E-state index contributed by atoms with van der Waals surface area (Å²) in [7, 11) is 0. The first-order valence-electron chi connectivity index (χ1n) is 9.44. The summed E-state index contributed by atoms with van der Waals surface area (Å²) >= 11 is 0.918. The average Bonchev–Trinajstić information content (AvgIpc) is 3.25. The molecular formula is C23H21F3S. The Morgan fingerprint density at radius 2 is 1.30 bits per heavy atom. The fourth-order valence-electron chi connectivity index (χ4n) is 5.95. The maximum atomic E-state index is 14.7. The van der Waals surface area contributed by atoms with Crippen molar-refractivity contribution in [3.63, 3.8) is 0 Å². The molecule has 1 aromatic heterocycles. The van der Waals surface area contributed by atoms with Crippen LogP contribution < -0.4 is 0 Å². The molecule has 0 amide bonds. The molecule has 0 radical (unpaired) electrons. The molecule has 0 bridgehead atoms. The van der Waals surface area contributed by atoms with E-state index in [2.05, 4.69) is 20.8 Å². The molecular weight excluding hydrogens is 365 g/mol. The van der Waals surface area contributed by atoms with Crippen LogP contribution in [0.3, 0.4) is 0 Å². The molecule has 1 aromatic carbocycles. The molecule has 0 N–H and O–H groups in total. The highest BCUT2D eigenvalue weighted by molar-refractivity contribution is 7.14. The van der Waals surface area contributed by atoms with Crippen molar-refractivity contribution in [3.8, 4) is 10.4 Å². The van der Waals surface area contributed by atoms with E-state index in [1.807, 2.05) is 20.8 Å². The van der Waals surface area contributed by atoms with Gasteiger partial charge in [-0.25, -0.2) is 8.78 Å². The van der Waals surface area contributed by atoms with Crippen molar-refractivity contribution < 1.29 is 13.2 Å². The number of hydrogen-bond acceptors (Lipinski definition) is 1. The molecule has 0 nitrogen and oxygen atoms in total. The van der Waals surface area contributed by atoms with Gasteiger partial charge in [-0.2, -0.15) is 4.39 Å². The number of benzene rings is 1. The molecule has 0 saturated carbocycles. The van der Waals surface area contributed by atoms with Gasteiger partial charge in [0.25, 0.3) is 0 Å². The second kappa shape index (κ2) is 5.16. The lowest BCUT2D eigenvalue weighted by Crippen LogP contribution is -2.07. The van der Waals surface area contributed by atoms with Crippen molar-refractivity contribution in [2.24, 2.45) is 5.92 Å². The average molecular weight is 386 g/mol. The third-order valence-corrected chi connectivity index (χ3v) is 8.02. The van der Waals surface area contributed by atoms with E-state index in [0.29, 0.717) is 5.56 Å². The van der Waals surface area contributed by atoms with Gasteiger partial charge in [0, 0.05) is 28.2 Å². The Balaban J connectivity index is 1.86. The molecule has 1 heterocycles. The van der Waals surface area contributed by atoms with Crippen molar-refractivity contribution in [1.82, 2.24) is 0 Å². The van der Waals surface area contributed by atoms with E-state index in [9.17, 15) is 13.2 Å². The summed E-state index contributed by atoms with van der Waals surface area (Å²) in [6.45, 7) is 12.0. The first kappa shape index (κ1) is 17.3. The van der Waals surface area contributed by atoms with Crippen LogP contribution in [0.1, 0.15) is 72.9 Å². The first-order valence-corrected chi connectivity index (χ1v) is 10.3. The SMILES string of the molecule is CC1=C(F)C(C)C2=C1C(C)c1c(C)c3c(c(C)c12)C(C)c1c-3sc(F)c1F. The smallest absolute Gasteiger partial charge is 0.211 e. The molecule has 4 heteroatoms. The maximum absolute atomic E-state index is 14.7. The molecule has 0 saturated heterocycles. The third-order valence-electron chi connectivity index (χ3n) is 7.04. The van der Waals surface area contributed by atoms with Crippen LogP contribution in [0.2, 0.25) is 0 Å². The molecule has 3 unspecified atom stereocenters. The van der Waals surface area contributed by atoms with Gasteiger partial charge in [0.15, 0.2) is 5.82 Å². The van der Waals surface area contributed by atoms with Gasteiger partial charge in [-0.3, -0.25) is 0 Å². The fraction of sp³-hybridized carbons (Fsp3) is 0.391. The summed E-state index contributed by atoms with van der Waals surface area (Å²) in [5, 5.41) is -0.724. The van der Waals surface area contributed by atoms with E-state index in [1.54, 1.807) is 0 Å². The van der Waals surface area contributed by atoms with Gasteiger partial charge in [-0.15, -0.1) is 11.3 Å². The lowest BCUT2D eigenvalue weighted by atomic mass is 9.81. The minimum Gasteiger partial charge on any atom is -0.211 e. The number of thiophene rings is 1. The van der Waals surface area contributed by atoms with Crippen molar-refractivity contribution >= 4 is 16.9 Å². The van der Waals surface area contributed by atoms with E-state index < -0.39 is 10.9 Å². The summed E-state index contributed by atoms with van der Waals surface area (Å²) < 4.78 is 43.2. The van der Waals surface area contributed by atoms with Gasteiger partial charge in [0.05, 0.1) is 0 Å². The molecule has 0 aliphatic heterocycles. The largest absolute Gasteiger partial charge is 0.213 e. The lowest BCUT2D eigenvalue weighted by Gasteiger charge is -2.23. The Morgan fingerprint density at radius 3 is 1.96 bits per heavy atom. The Bertz CT molecular complexity index is 1130. The van der Waals surface area contributed by atoms with Crippen LogP contribution in [0, 0.1) is 30.7 Å². The predicted molar refractivity (Wildman–Crippen MR) is 105 cm³/mol. The van der Waals surface area contributed by atoms with E-state index >= 15 is 0 Å². The molecule has 27 heavy (non-hydrogen) atoms. The van der Waals surface area contributed by atoms with Gasteiger partial charge in [0.1, 0.15) is 5.83 Å². The van der Waals surface area contributed by atoms with Crippen LogP contribution in [0.15, 0.2) is 17.0 Å². The first-order chi connectivity index (χ1) is 12.7. The highest BCUT2D eigenvalue weighted by atomic mass is 32.1. The summed E-state index contributed by atoms with van der Waals surface area (Å²) in [6, 6.07) is 0. The predicted octanol–water partition coefficient (Wildman–Crippen LogP) is 7.54. The molecule has 3 aliphatic carbocycles. The second-order valence-electron chi connectivity index (χ2n) is 8.23. The summed E-state index contributed by atoms with van der Waals surface area (Å²) in [5.41, 5.74) is 10.1. The Hall–Kier alpha value is -1.81. The number of allylic oxidation sites excluding steroid dienone is 4. The third kappa shape index (κ3) is 1.76. The van der Waals surface area contributed by atoms with E-state index in [-0.39, 0.29) is 23.6 Å². The molecule has 3 aliphatic rings. The Labute approximate surface area is 161 Å². The van der Waals surface area contributed by atoms with Crippen LogP contribution >= 0.6 is 11.3 Å². The summed E-state index contributed by atoms with van der Waals surface area (Å²) in [4.78, 5) is 0.738. The van der Waals surface area contributed by atoms with Gasteiger partial charge >= 0.3 is 0 Å². The van der Waals surface area contributed by atoms with Crippen LogP contribution in [0.5, 0.6) is 0 Å². The van der Waals surface area contributed by atoms with E-state index in [1.165, 1.54) is 5.56 Å². The Morgan fingerprint density at radius 1 is 0.704 bits per heavy atom. The van der Waals surface area contributed by atoms with Crippen LogP contribution in [-0.4, -0.2) is 0 Å². The topological polar surface area (TPSA) is 0 Å². The molecule has 2 aromatic rings. The number of hydrogen-bond donors (Lipinski definition) is 0. The van der Waals surface area contributed by atoms with Crippen molar-refractivity contribution in [1.29, 1.82) is 0 Å². The molecule has 0 fully saturated rings. The minimum absolute atomic E-state index is 0.0321. The fourth-order valence-corrected chi connectivity index (χ4v) is 7.07. The monoisotopic (exact) mass is 386 g/mol. The van der Waals surface area contributed by atoms with E-state index in [4.69, 9.17) is 0 Å². The Kier molecular flexibility index (Phi) is 3.31. The summed E-state index contributed by atoms with van der Waals surface area (Å²) in [5.74, 6) is -1.06. The van der Waals surface area contributed by atoms with Crippen molar-refractivity contribution in [2.45, 2.75) is 53.4 Å². The molecule has 0 spiro atoms. The maximum Gasteiger partial charge on any atom is 0.213 e. The van der Waals surface area contributed by atoms with E-state index in [0.717, 1.165) is 60.8 Å². The number of halogens is 3. The summed E-state index contributed by atoms with van der Waals surface area (Å²) in [6.07, 6.45) is 0. The highest BCUT2D eigenvalue weighted by Crippen LogP contribution is 2.61. The zero-order valence-corrected chi connectivity index (χ0v) is 17.1. The second-order valence-corrected chi connectivity index (χ2v) is 9.20. The van der Waals surface area contributed by atoms with Gasteiger partial charge in [-0.1, -0.05) is 20.8 Å². The van der Waals surface area contributed by atoms with Gasteiger partial charge in [-0.05, 0) is 70.9 Å². The molecule has 140 valence electrons. The van der Waals surface area contributed by atoms with Crippen LogP contribution in [0.4, 0.5) is 13.2 Å². The van der Waals surface area contributed by atoms with Gasteiger partial charge < -0.3 is 0 Å². The van der Waals surface area contributed by atoms with Gasteiger partial charge in [0.2, 0.25) is 5.13 Å². The zero-order valence-electron chi connectivity index (χ0n) is 16.3. The normalized spacial score (nSPS) is 25.3. The quantitative estimate of drug-likeness (QED) is 0.439. The minimum atomic E-state index is -0.724. The standard InChI is InChI=1S/C23H21F3S/c1-7-13-9(3)18-14(10(4)19-21(25)23(26)27-22(18)19)8(2)16(13)17-12(6)20(24)11(5)15(7)17/h7,10,12H,1-6H3. The molecule has 3 atom stereocenters. The molecule has 5 rings (SSSR count).